The van der Waals surface area contributed by atoms with Crippen LogP contribution in [0.1, 0.15) is 57.9 Å². The molecule has 0 aromatic heterocycles. The van der Waals surface area contributed by atoms with Crippen LogP contribution in [0.5, 0.6) is 5.75 Å². The quantitative estimate of drug-likeness (QED) is 0.553. The Morgan fingerprint density at radius 1 is 1.15 bits per heavy atom. The first-order valence-electron chi connectivity index (χ1n) is 9.37. The fraction of sp³-hybridized carbons (Fsp3) is 0.550. The molecule has 1 fully saturated rings. The molecule has 0 unspecified atom stereocenters. The van der Waals surface area contributed by atoms with Gasteiger partial charge in [0.25, 0.3) is 5.91 Å². The van der Waals surface area contributed by atoms with Gasteiger partial charge in [0.1, 0.15) is 5.75 Å². The van der Waals surface area contributed by atoms with Crippen LogP contribution in [0, 0.1) is 5.92 Å². The van der Waals surface area contributed by atoms with E-state index in [-0.39, 0.29) is 18.4 Å². The van der Waals surface area contributed by atoms with Crippen LogP contribution in [0.3, 0.4) is 0 Å². The molecular formula is C20H29N3O3. The summed E-state index contributed by atoms with van der Waals surface area (Å²) in [6, 6.07) is 7.51. The summed E-state index contributed by atoms with van der Waals surface area (Å²) in [5, 5.41) is 6.96. The molecule has 6 heteroatoms. The molecule has 0 aliphatic heterocycles. The first-order chi connectivity index (χ1) is 12.5. The standard InChI is InChI=1S/C20H29N3O3/c1-15(2)12-19(24)23-21-13-16-8-10-18(11-9-16)26-14-20(25)22-17-6-4-3-5-7-17/h8-11,13,15,17H,3-7,12,14H2,1-2H3,(H,22,25)(H,23,24)/b21-13-. The minimum Gasteiger partial charge on any atom is -0.484 e. The van der Waals surface area contributed by atoms with Crippen molar-refractivity contribution in [1.82, 2.24) is 10.7 Å². The molecule has 2 N–H and O–H groups in total. The summed E-state index contributed by atoms with van der Waals surface area (Å²) in [7, 11) is 0. The van der Waals surface area contributed by atoms with Gasteiger partial charge in [-0.05, 0) is 48.6 Å². The van der Waals surface area contributed by atoms with Crippen molar-refractivity contribution in [1.29, 1.82) is 0 Å². The molecule has 2 amide bonds. The monoisotopic (exact) mass is 359 g/mol. The summed E-state index contributed by atoms with van der Waals surface area (Å²) in [6.45, 7) is 3.99. The van der Waals surface area contributed by atoms with E-state index >= 15 is 0 Å². The largest absolute Gasteiger partial charge is 0.484 e. The Hall–Kier alpha value is -2.37. The van der Waals surface area contributed by atoms with E-state index in [2.05, 4.69) is 15.8 Å². The molecule has 0 saturated heterocycles. The van der Waals surface area contributed by atoms with E-state index in [0.29, 0.717) is 24.1 Å². The highest BCUT2D eigenvalue weighted by atomic mass is 16.5. The van der Waals surface area contributed by atoms with E-state index in [1.54, 1.807) is 18.3 Å². The van der Waals surface area contributed by atoms with E-state index < -0.39 is 0 Å². The number of benzene rings is 1. The van der Waals surface area contributed by atoms with Crippen molar-refractivity contribution in [2.75, 3.05) is 6.61 Å². The van der Waals surface area contributed by atoms with Crippen LogP contribution in [0.4, 0.5) is 0 Å². The molecule has 1 aromatic rings. The third kappa shape index (κ3) is 7.68. The lowest BCUT2D eigenvalue weighted by Gasteiger charge is -2.22. The second-order valence-electron chi connectivity index (χ2n) is 7.15. The SMILES string of the molecule is CC(C)CC(=O)N/N=C\c1ccc(OCC(=O)NC2CCCCC2)cc1. The molecular weight excluding hydrogens is 330 g/mol. The van der Waals surface area contributed by atoms with Gasteiger partial charge in [0.05, 0.1) is 6.21 Å². The van der Waals surface area contributed by atoms with Crippen molar-refractivity contribution < 1.29 is 14.3 Å². The van der Waals surface area contributed by atoms with Crippen LogP contribution in [0.15, 0.2) is 29.4 Å². The summed E-state index contributed by atoms with van der Waals surface area (Å²) in [5.41, 5.74) is 3.34. The molecule has 6 nitrogen and oxygen atoms in total. The van der Waals surface area contributed by atoms with Crippen molar-refractivity contribution in [2.24, 2.45) is 11.0 Å². The van der Waals surface area contributed by atoms with Gasteiger partial charge in [0.15, 0.2) is 6.61 Å². The average Bonchev–Trinajstić information content (AvgIpc) is 2.61. The predicted molar refractivity (Wildman–Crippen MR) is 102 cm³/mol. The van der Waals surface area contributed by atoms with Gasteiger partial charge in [-0.25, -0.2) is 5.43 Å². The number of nitrogens with zero attached hydrogens (tertiary/aromatic N) is 1. The molecule has 0 heterocycles. The Morgan fingerprint density at radius 2 is 1.85 bits per heavy atom. The highest BCUT2D eigenvalue weighted by Gasteiger charge is 2.15. The summed E-state index contributed by atoms with van der Waals surface area (Å²) in [5.74, 6) is 0.761. The zero-order valence-corrected chi connectivity index (χ0v) is 15.7. The van der Waals surface area contributed by atoms with Crippen molar-refractivity contribution in [3.8, 4) is 5.75 Å². The highest BCUT2D eigenvalue weighted by molar-refractivity contribution is 5.82. The number of amides is 2. The lowest BCUT2D eigenvalue weighted by Crippen LogP contribution is -2.38. The summed E-state index contributed by atoms with van der Waals surface area (Å²) >= 11 is 0. The molecule has 0 atom stereocenters. The smallest absolute Gasteiger partial charge is 0.258 e. The van der Waals surface area contributed by atoms with Crippen LogP contribution < -0.4 is 15.5 Å². The van der Waals surface area contributed by atoms with E-state index in [9.17, 15) is 9.59 Å². The summed E-state index contributed by atoms with van der Waals surface area (Å²) in [6.07, 6.45) is 7.80. The zero-order chi connectivity index (χ0) is 18.8. The molecule has 0 bridgehead atoms. The molecule has 1 aliphatic rings. The minimum atomic E-state index is -0.0971. The number of carbonyl (C=O) groups excluding carboxylic acids is 2. The van der Waals surface area contributed by atoms with Gasteiger partial charge in [-0.1, -0.05) is 33.1 Å². The Balaban J connectivity index is 1.71. The van der Waals surface area contributed by atoms with Gasteiger partial charge in [-0.3, -0.25) is 9.59 Å². The number of rotatable bonds is 8. The first kappa shape index (κ1) is 19.9. The molecule has 0 radical (unpaired) electrons. The molecule has 0 spiro atoms. The third-order valence-corrected chi connectivity index (χ3v) is 4.22. The van der Waals surface area contributed by atoms with E-state index in [4.69, 9.17) is 4.74 Å². The topological polar surface area (TPSA) is 79.8 Å². The van der Waals surface area contributed by atoms with Crippen molar-refractivity contribution in [3.63, 3.8) is 0 Å². The maximum Gasteiger partial charge on any atom is 0.258 e. The Bertz CT molecular complexity index is 605. The number of carbonyl (C=O) groups is 2. The van der Waals surface area contributed by atoms with Crippen molar-refractivity contribution in [2.45, 2.75) is 58.4 Å². The second kappa shape index (κ2) is 10.6. The Morgan fingerprint density at radius 3 is 2.50 bits per heavy atom. The van der Waals surface area contributed by atoms with Gasteiger partial charge in [0.2, 0.25) is 5.91 Å². The van der Waals surface area contributed by atoms with Gasteiger partial charge in [-0.2, -0.15) is 5.10 Å². The first-order valence-corrected chi connectivity index (χ1v) is 9.37. The molecule has 1 saturated carbocycles. The fourth-order valence-electron chi connectivity index (χ4n) is 2.91. The number of hydrogen-bond acceptors (Lipinski definition) is 4. The lowest BCUT2D eigenvalue weighted by molar-refractivity contribution is -0.124. The second-order valence-corrected chi connectivity index (χ2v) is 7.15. The van der Waals surface area contributed by atoms with E-state index in [1.165, 1.54) is 19.3 Å². The van der Waals surface area contributed by atoms with Gasteiger partial charge >= 0.3 is 0 Å². The number of hydrogen-bond donors (Lipinski definition) is 2. The minimum absolute atomic E-state index is 0.0230. The van der Waals surface area contributed by atoms with Crippen LogP contribution in [0.2, 0.25) is 0 Å². The Kier molecular flexibility index (Phi) is 8.12. The third-order valence-electron chi connectivity index (χ3n) is 4.22. The van der Waals surface area contributed by atoms with Crippen molar-refractivity contribution in [3.05, 3.63) is 29.8 Å². The van der Waals surface area contributed by atoms with E-state index in [1.807, 2.05) is 26.0 Å². The van der Waals surface area contributed by atoms with Crippen LogP contribution in [0.25, 0.3) is 0 Å². The summed E-state index contributed by atoms with van der Waals surface area (Å²) < 4.78 is 5.52. The number of ether oxygens (including phenoxy) is 1. The van der Waals surface area contributed by atoms with Crippen LogP contribution >= 0.6 is 0 Å². The van der Waals surface area contributed by atoms with Crippen LogP contribution in [-0.2, 0) is 9.59 Å². The molecule has 26 heavy (non-hydrogen) atoms. The lowest BCUT2D eigenvalue weighted by atomic mass is 9.95. The highest BCUT2D eigenvalue weighted by Crippen LogP contribution is 2.17. The van der Waals surface area contributed by atoms with E-state index in [0.717, 1.165) is 18.4 Å². The zero-order valence-electron chi connectivity index (χ0n) is 15.7. The number of hydrazone groups is 1. The Labute approximate surface area is 155 Å². The number of nitrogens with one attached hydrogen (secondary N) is 2. The van der Waals surface area contributed by atoms with Gasteiger partial charge in [-0.15, -0.1) is 0 Å². The molecule has 142 valence electrons. The molecule has 1 aromatic carbocycles. The van der Waals surface area contributed by atoms with Gasteiger partial charge < -0.3 is 10.1 Å². The molecule has 2 rings (SSSR count). The fourth-order valence-corrected chi connectivity index (χ4v) is 2.91. The van der Waals surface area contributed by atoms with Gasteiger partial charge in [0, 0.05) is 12.5 Å². The van der Waals surface area contributed by atoms with Crippen LogP contribution in [-0.4, -0.2) is 30.7 Å². The van der Waals surface area contributed by atoms with Crippen molar-refractivity contribution >= 4 is 18.0 Å². The average molecular weight is 359 g/mol. The molecule has 1 aliphatic carbocycles. The predicted octanol–water partition coefficient (Wildman–Crippen LogP) is 3.01. The summed E-state index contributed by atoms with van der Waals surface area (Å²) in [4.78, 5) is 23.4. The maximum absolute atomic E-state index is 11.9. The normalized spacial score (nSPS) is 15.2. The maximum atomic E-state index is 11.9.